The van der Waals surface area contributed by atoms with Gasteiger partial charge in [0.2, 0.25) is 0 Å². The summed E-state index contributed by atoms with van der Waals surface area (Å²) >= 11 is 0. The molecular weight excluding hydrogens is 324 g/mol. The maximum atomic E-state index is 12.2. The zero-order valence-corrected chi connectivity index (χ0v) is 16.8. The molecule has 0 aromatic heterocycles. The van der Waals surface area contributed by atoms with Crippen LogP contribution in [0.5, 0.6) is 0 Å². The maximum Gasteiger partial charge on any atom is 0.302 e. The molecule has 0 N–H and O–H groups in total. The third-order valence-electron chi connectivity index (χ3n) is 8.88. The van der Waals surface area contributed by atoms with Gasteiger partial charge in [0.15, 0.2) is 0 Å². The van der Waals surface area contributed by atoms with E-state index in [4.69, 9.17) is 4.74 Å². The van der Waals surface area contributed by atoms with E-state index in [9.17, 15) is 9.59 Å². The third kappa shape index (κ3) is 2.60. The van der Waals surface area contributed by atoms with Gasteiger partial charge in [0, 0.05) is 19.3 Å². The number of ketones is 1. The summed E-state index contributed by atoms with van der Waals surface area (Å²) in [5, 5.41) is 0. The molecular formula is C23H34O3. The lowest BCUT2D eigenvalue weighted by Crippen LogP contribution is -2.51. The van der Waals surface area contributed by atoms with Gasteiger partial charge in [-0.25, -0.2) is 0 Å². The second kappa shape index (κ2) is 6.21. The van der Waals surface area contributed by atoms with E-state index in [1.165, 1.54) is 26.2 Å². The molecule has 3 saturated carbocycles. The molecule has 0 heterocycles. The van der Waals surface area contributed by atoms with Crippen molar-refractivity contribution in [3.05, 3.63) is 11.6 Å². The van der Waals surface area contributed by atoms with Crippen molar-refractivity contribution < 1.29 is 14.3 Å². The molecule has 3 fully saturated rings. The van der Waals surface area contributed by atoms with Gasteiger partial charge in [0.05, 0.1) is 0 Å². The van der Waals surface area contributed by atoms with Crippen molar-refractivity contribution in [3.8, 4) is 0 Å². The van der Waals surface area contributed by atoms with Gasteiger partial charge < -0.3 is 4.74 Å². The van der Waals surface area contributed by atoms with Gasteiger partial charge in [0.1, 0.15) is 11.9 Å². The number of ether oxygens (including phenoxy) is 1. The fourth-order valence-corrected chi connectivity index (χ4v) is 7.63. The van der Waals surface area contributed by atoms with Crippen LogP contribution in [0, 0.1) is 34.5 Å². The van der Waals surface area contributed by atoms with Crippen molar-refractivity contribution >= 4 is 11.8 Å². The summed E-state index contributed by atoms with van der Waals surface area (Å²) in [7, 11) is 0. The fraction of sp³-hybridized carbons (Fsp3) is 0.826. The average Bonchev–Trinajstić information content (AvgIpc) is 2.92. The normalized spacial score (nSPS) is 47.2. The minimum atomic E-state index is -0.150. The zero-order chi connectivity index (χ0) is 18.7. The molecule has 3 heteroatoms. The third-order valence-corrected chi connectivity index (χ3v) is 8.88. The first-order valence-electron chi connectivity index (χ1n) is 10.6. The molecule has 0 radical (unpaired) electrons. The van der Waals surface area contributed by atoms with E-state index < -0.39 is 0 Å². The fourth-order valence-electron chi connectivity index (χ4n) is 7.63. The number of hydrogen-bond acceptors (Lipinski definition) is 3. The quantitative estimate of drug-likeness (QED) is 0.510. The second-order valence-corrected chi connectivity index (χ2v) is 10.0. The number of fused-ring (bicyclic) bond motifs is 5. The monoisotopic (exact) mass is 358 g/mol. The average molecular weight is 359 g/mol. The topological polar surface area (TPSA) is 43.4 Å². The summed E-state index contributed by atoms with van der Waals surface area (Å²) in [6.45, 7) is 8.21. The standard InChI is InChI=1S/C23H34O3/c1-14(24)19-7-8-20-18-6-5-16-13-17(26-15(2)25)9-11-22(16,3)21(18)10-12-23(19,20)4/h5,17-21H,6-13H2,1-4H3/t17-,18-,19+,20-,21-,22+,23+/m1/s1. The van der Waals surface area contributed by atoms with Crippen LogP contribution in [0.25, 0.3) is 0 Å². The van der Waals surface area contributed by atoms with Gasteiger partial charge in [-0.15, -0.1) is 0 Å². The molecule has 4 rings (SSSR count). The van der Waals surface area contributed by atoms with Crippen LogP contribution in [0.3, 0.4) is 0 Å². The van der Waals surface area contributed by atoms with Gasteiger partial charge in [-0.1, -0.05) is 25.5 Å². The first-order valence-corrected chi connectivity index (χ1v) is 10.6. The van der Waals surface area contributed by atoms with Gasteiger partial charge in [-0.2, -0.15) is 0 Å². The summed E-state index contributed by atoms with van der Waals surface area (Å²) in [6.07, 6.45) is 11.6. The first-order chi connectivity index (χ1) is 12.3. The van der Waals surface area contributed by atoms with Gasteiger partial charge in [-0.3, -0.25) is 9.59 Å². The van der Waals surface area contributed by atoms with E-state index in [1.54, 1.807) is 12.5 Å². The molecule has 26 heavy (non-hydrogen) atoms. The summed E-state index contributed by atoms with van der Waals surface area (Å²) in [4.78, 5) is 23.6. The van der Waals surface area contributed by atoms with E-state index in [1.807, 2.05) is 0 Å². The van der Waals surface area contributed by atoms with Crippen molar-refractivity contribution in [2.45, 2.75) is 85.2 Å². The number of rotatable bonds is 2. The molecule has 0 bridgehead atoms. The Morgan fingerprint density at radius 3 is 2.50 bits per heavy atom. The molecule has 0 aromatic rings. The number of allylic oxidation sites excluding steroid dienone is 1. The Hall–Kier alpha value is -1.12. The SMILES string of the molecule is CC(=O)O[C@@H]1CC[C@@]2(C)C(=CC[C@@H]3[C@H]4CC[C@@H](C(C)=O)[C@]4(C)CC[C@H]32)C1. The van der Waals surface area contributed by atoms with Crippen LogP contribution in [-0.4, -0.2) is 17.9 Å². The molecule has 0 aliphatic heterocycles. The van der Waals surface area contributed by atoms with E-state index in [-0.39, 0.29) is 28.8 Å². The Labute approximate surface area is 157 Å². The Bertz CT molecular complexity index is 650. The van der Waals surface area contributed by atoms with E-state index >= 15 is 0 Å². The van der Waals surface area contributed by atoms with E-state index in [0.29, 0.717) is 11.7 Å². The Morgan fingerprint density at radius 2 is 1.81 bits per heavy atom. The molecule has 0 saturated heterocycles. The van der Waals surface area contributed by atoms with Crippen LogP contribution in [0.15, 0.2) is 11.6 Å². The summed E-state index contributed by atoms with van der Waals surface area (Å²) in [6, 6.07) is 0. The van der Waals surface area contributed by atoms with E-state index in [0.717, 1.165) is 43.9 Å². The van der Waals surface area contributed by atoms with Crippen LogP contribution in [0.2, 0.25) is 0 Å². The molecule has 0 aromatic carbocycles. The highest BCUT2D eigenvalue weighted by Crippen LogP contribution is 2.66. The molecule has 0 amide bonds. The molecule has 0 unspecified atom stereocenters. The Balaban J connectivity index is 1.59. The van der Waals surface area contributed by atoms with E-state index in [2.05, 4.69) is 19.9 Å². The van der Waals surface area contributed by atoms with Crippen LogP contribution >= 0.6 is 0 Å². The predicted octanol–water partition coefficient (Wildman–Crippen LogP) is 5.09. The molecule has 3 nitrogen and oxygen atoms in total. The number of carbonyl (C=O) groups excluding carboxylic acids is 2. The lowest BCUT2D eigenvalue weighted by Gasteiger charge is -2.58. The van der Waals surface area contributed by atoms with Crippen molar-refractivity contribution in [1.82, 2.24) is 0 Å². The molecule has 7 atom stereocenters. The van der Waals surface area contributed by atoms with Crippen molar-refractivity contribution in [3.63, 3.8) is 0 Å². The number of esters is 1. The number of carbonyl (C=O) groups is 2. The Morgan fingerprint density at radius 1 is 1.04 bits per heavy atom. The van der Waals surface area contributed by atoms with Crippen LogP contribution in [-0.2, 0) is 14.3 Å². The lowest BCUT2D eigenvalue weighted by molar-refractivity contribution is -0.149. The predicted molar refractivity (Wildman–Crippen MR) is 101 cm³/mol. The van der Waals surface area contributed by atoms with Gasteiger partial charge in [0.25, 0.3) is 0 Å². The molecule has 4 aliphatic rings. The smallest absolute Gasteiger partial charge is 0.302 e. The maximum absolute atomic E-state index is 12.2. The van der Waals surface area contributed by atoms with Crippen LogP contribution < -0.4 is 0 Å². The highest BCUT2D eigenvalue weighted by atomic mass is 16.5. The van der Waals surface area contributed by atoms with Crippen molar-refractivity contribution in [1.29, 1.82) is 0 Å². The van der Waals surface area contributed by atoms with Crippen molar-refractivity contribution in [2.75, 3.05) is 0 Å². The highest BCUT2D eigenvalue weighted by molar-refractivity contribution is 5.79. The minimum absolute atomic E-state index is 0.0748. The first kappa shape index (κ1) is 18.3. The largest absolute Gasteiger partial charge is 0.462 e. The van der Waals surface area contributed by atoms with Gasteiger partial charge in [-0.05, 0) is 80.5 Å². The summed E-state index contributed by atoms with van der Waals surface area (Å²) < 4.78 is 5.53. The summed E-state index contributed by atoms with van der Waals surface area (Å²) in [5.41, 5.74) is 2.04. The molecule has 4 aliphatic carbocycles. The van der Waals surface area contributed by atoms with Gasteiger partial charge >= 0.3 is 5.97 Å². The summed E-state index contributed by atoms with van der Waals surface area (Å²) in [5.74, 6) is 2.72. The zero-order valence-electron chi connectivity index (χ0n) is 16.8. The van der Waals surface area contributed by atoms with Crippen LogP contribution in [0.4, 0.5) is 0 Å². The Kier molecular flexibility index (Phi) is 4.36. The second-order valence-electron chi connectivity index (χ2n) is 10.0. The lowest BCUT2D eigenvalue weighted by atomic mass is 9.47. The van der Waals surface area contributed by atoms with Crippen LogP contribution in [0.1, 0.15) is 79.1 Å². The minimum Gasteiger partial charge on any atom is -0.462 e. The molecule has 0 spiro atoms. The molecule has 144 valence electrons. The highest BCUT2D eigenvalue weighted by Gasteiger charge is 2.59. The number of hydrogen-bond donors (Lipinski definition) is 0. The number of Topliss-reactive ketones (excluding diaryl/α,β-unsaturated/α-hetero) is 1. The van der Waals surface area contributed by atoms with Crippen molar-refractivity contribution in [2.24, 2.45) is 34.5 Å².